The van der Waals surface area contributed by atoms with Crippen LogP contribution in [0.5, 0.6) is 0 Å². The molecule has 7 nitrogen and oxygen atoms in total. The van der Waals surface area contributed by atoms with Gasteiger partial charge in [0.1, 0.15) is 11.9 Å². The minimum Gasteiger partial charge on any atom is -0.378 e. The number of rotatable bonds is 5. The van der Waals surface area contributed by atoms with Crippen molar-refractivity contribution in [3.05, 3.63) is 42.1 Å². The molecule has 10 heteroatoms. The third kappa shape index (κ3) is 5.33. The molecule has 4 aliphatic rings. The Labute approximate surface area is 220 Å². The zero-order valence-electron chi connectivity index (χ0n) is 21.3. The van der Waals surface area contributed by atoms with Crippen molar-refractivity contribution < 1.29 is 22.7 Å². The molecule has 0 radical (unpaired) electrons. The predicted molar refractivity (Wildman–Crippen MR) is 140 cm³/mol. The number of halogens is 3. The van der Waals surface area contributed by atoms with Crippen molar-refractivity contribution in [1.29, 1.82) is 0 Å². The molecule has 2 saturated carbocycles. The molecule has 2 N–H and O–H groups in total. The van der Waals surface area contributed by atoms with Crippen LogP contribution in [0.15, 0.2) is 36.5 Å². The largest absolute Gasteiger partial charge is 0.404 e. The molecule has 2 aliphatic carbocycles. The number of nitrogens with one attached hydrogen (secondary N) is 2. The number of fused-ring (bicyclic) bond motifs is 2. The first-order chi connectivity index (χ1) is 18.4. The Morgan fingerprint density at radius 3 is 2.55 bits per heavy atom. The summed E-state index contributed by atoms with van der Waals surface area (Å²) in [5.74, 6) is 0.229. The van der Waals surface area contributed by atoms with Crippen molar-refractivity contribution in [3.8, 4) is 0 Å². The van der Waals surface area contributed by atoms with E-state index in [4.69, 9.17) is 4.74 Å². The van der Waals surface area contributed by atoms with Crippen LogP contribution in [0.2, 0.25) is 0 Å². The van der Waals surface area contributed by atoms with E-state index in [1.807, 2.05) is 23.1 Å². The summed E-state index contributed by atoms with van der Waals surface area (Å²) >= 11 is 0. The van der Waals surface area contributed by atoms with Crippen LogP contribution >= 0.6 is 0 Å². The Bertz CT molecular complexity index is 1160. The Balaban J connectivity index is 1.21. The molecule has 1 aromatic heterocycles. The number of aromatic nitrogens is 1. The molecule has 6 rings (SSSR count). The summed E-state index contributed by atoms with van der Waals surface area (Å²) < 4.78 is 46.1. The molecule has 204 valence electrons. The topological polar surface area (TPSA) is 69.7 Å². The highest BCUT2D eigenvalue weighted by Gasteiger charge is 2.49. The maximum Gasteiger partial charge on any atom is 0.404 e. The number of anilines is 4. The van der Waals surface area contributed by atoms with E-state index in [0.717, 1.165) is 41.5 Å². The van der Waals surface area contributed by atoms with Gasteiger partial charge in [0.2, 0.25) is 5.91 Å². The van der Waals surface area contributed by atoms with Gasteiger partial charge in [-0.1, -0.05) is 6.07 Å². The lowest BCUT2D eigenvalue weighted by Gasteiger charge is -2.35. The fourth-order valence-corrected chi connectivity index (χ4v) is 6.03. The van der Waals surface area contributed by atoms with Crippen molar-refractivity contribution in [2.45, 2.75) is 63.3 Å². The molecule has 1 saturated heterocycles. The number of alkyl halides is 3. The van der Waals surface area contributed by atoms with Crippen molar-refractivity contribution in [2.24, 2.45) is 11.8 Å². The Morgan fingerprint density at radius 1 is 1.08 bits per heavy atom. The van der Waals surface area contributed by atoms with Crippen molar-refractivity contribution >= 4 is 28.8 Å². The number of carbonyl (C=O) groups is 1. The fraction of sp³-hybridized carbons (Fsp3) is 0.571. The number of amides is 1. The third-order valence-corrected chi connectivity index (χ3v) is 8.32. The van der Waals surface area contributed by atoms with Crippen molar-refractivity contribution in [2.75, 3.05) is 41.4 Å². The molecule has 2 aromatic rings. The van der Waals surface area contributed by atoms with E-state index in [-0.39, 0.29) is 23.8 Å². The SMILES string of the molecule is O=C(C1CCC(NC(C2CC2)C(F)(F)F)CC1)N1Cc2cccnc2Nc2ccc(N3CCOCC3)cc21. The highest BCUT2D eigenvalue weighted by molar-refractivity contribution is 6.00. The van der Waals surface area contributed by atoms with Gasteiger partial charge in [-0.2, -0.15) is 13.2 Å². The molecule has 1 unspecified atom stereocenters. The first-order valence-electron chi connectivity index (χ1n) is 13.7. The Kier molecular flexibility index (Phi) is 6.94. The standard InChI is InChI=1S/C28H34F3N5O2/c29-28(30,31)25(18-3-4-18)33-21-7-5-19(6-8-21)27(37)36-17-20-2-1-11-32-26(20)34-23-10-9-22(16-24(23)36)35-12-14-38-15-13-35/h1-2,9-11,16,18-19,21,25,33H,3-8,12-15,17H2,(H,32,34). The fourth-order valence-electron chi connectivity index (χ4n) is 6.03. The second-order valence-corrected chi connectivity index (χ2v) is 10.9. The quantitative estimate of drug-likeness (QED) is 0.569. The summed E-state index contributed by atoms with van der Waals surface area (Å²) in [6.07, 6.45) is 1.07. The van der Waals surface area contributed by atoms with Gasteiger partial charge < -0.3 is 25.2 Å². The first-order valence-corrected chi connectivity index (χ1v) is 13.7. The van der Waals surface area contributed by atoms with E-state index in [1.165, 1.54) is 0 Å². The maximum absolute atomic E-state index is 14.0. The van der Waals surface area contributed by atoms with Gasteiger partial charge in [0.15, 0.2) is 0 Å². The Morgan fingerprint density at radius 2 is 1.84 bits per heavy atom. The van der Waals surface area contributed by atoms with E-state index in [1.54, 1.807) is 6.20 Å². The molecule has 1 atom stereocenters. The lowest BCUT2D eigenvalue weighted by molar-refractivity contribution is -0.163. The van der Waals surface area contributed by atoms with Gasteiger partial charge in [0.05, 0.1) is 31.1 Å². The van der Waals surface area contributed by atoms with Crippen LogP contribution in [0.25, 0.3) is 0 Å². The van der Waals surface area contributed by atoms with Crippen LogP contribution in [0, 0.1) is 11.8 Å². The predicted octanol–water partition coefficient (Wildman–Crippen LogP) is 5.00. The van der Waals surface area contributed by atoms with Gasteiger partial charge in [-0.05, 0) is 68.7 Å². The van der Waals surface area contributed by atoms with Crippen LogP contribution in [0.1, 0.15) is 44.1 Å². The summed E-state index contributed by atoms with van der Waals surface area (Å²) in [4.78, 5) is 22.6. The van der Waals surface area contributed by atoms with Crippen LogP contribution in [-0.4, -0.2) is 55.5 Å². The number of hydrogen-bond acceptors (Lipinski definition) is 6. The highest BCUT2D eigenvalue weighted by atomic mass is 19.4. The molecule has 1 amide bonds. The highest BCUT2D eigenvalue weighted by Crippen LogP contribution is 2.42. The van der Waals surface area contributed by atoms with E-state index < -0.39 is 12.2 Å². The van der Waals surface area contributed by atoms with Crippen molar-refractivity contribution in [1.82, 2.24) is 10.3 Å². The molecule has 0 bridgehead atoms. The second-order valence-electron chi connectivity index (χ2n) is 10.9. The van der Waals surface area contributed by atoms with Crippen LogP contribution < -0.4 is 20.4 Å². The molecule has 1 aromatic carbocycles. The Hall–Kier alpha value is -2.85. The average Bonchev–Trinajstić information content (AvgIpc) is 3.77. The smallest absolute Gasteiger partial charge is 0.378 e. The normalized spacial score (nSPS) is 24.6. The number of pyridine rings is 1. The number of carbonyl (C=O) groups excluding carboxylic acids is 1. The van der Waals surface area contributed by atoms with Crippen LogP contribution in [0.3, 0.4) is 0 Å². The molecule has 2 aliphatic heterocycles. The van der Waals surface area contributed by atoms with Gasteiger partial charge in [-0.25, -0.2) is 4.98 Å². The van der Waals surface area contributed by atoms with E-state index in [2.05, 4.69) is 32.7 Å². The molecule has 0 spiro atoms. The van der Waals surface area contributed by atoms with E-state index in [9.17, 15) is 18.0 Å². The number of nitrogens with zero attached hydrogens (tertiary/aromatic N) is 3. The van der Waals surface area contributed by atoms with Crippen LogP contribution in [-0.2, 0) is 16.1 Å². The van der Waals surface area contributed by atoms with Gasteiger partial charge in [-0.3, -0.25) is 4.79 Å². The number of ether oxygens (including phenoxy) is 1. The van der Waals surface area contributed by atoms with Gasteiger partial charge in [0, 0.05) is 42.5 Å². The minimum absolute atomic E-state index is 0.0249. The first kappa shape index (κ1) is 25.4. The van der Waals surface area contributed by atoms with Gasteiger partial charge >= 0.3 is 6.18 Å². The van der Waals surface area contributed by atoms with Gasteiger partial charge in [0.25, 0.3) is 0 Å². The number of hydrogen-bond donors (Lipinski definition) is 2. The summed E-state index contributed by atoms with van der Waals surface area (Å²) in [6.45, 7) is 3.31. The third-order valence-electron chi connectivity index (χ3n) is 8.32. The minimum atomic E-state index is -4.23. The molecule has 3 fully saturated rings. The lowest BCUT2D eigenvalue weighted by Crippen LogP contribution is -2.50. The van der Waals surface area contributed by atoms with E-state index in [0.29, 0.717) is 58.3 Å². The molecule has 3 heterocycles. The van der Waals surface area contributed by atoms with Crippen molar-refractivity contribution in [3.63, 3.8) is 0 Å². The maximum atomic E-state index is 14.0. The molecular formula is C28H34F3N5O2. The zero-order valence-corrected chi connectivity index (χ0v) is 21.3. The summed E-state index contributed by atoms with van der Waals surface area (Å²) in [6, 6.07) is 8.33. The average molecular weight is 530 g/mol. The van der Waals surface area contributed by atoms with Gasteiger partial charge in [-0.15, -0.1) is 0 Å². The monoisotopic (exact) mass is 529 g/mol. The lowest BCUT2D eigenvalue weighted by atomic mass is 9.84. The summed E-state index contributed by atoms with van der Waals surface area (Å²) in [7, 11) is 0. The molecule has 38 heavy (non-hydrogen) atoms. The number of morpholine rings is 1. The zero-order chi connectivity index (χ0) is 26.3. The van der Waals surface area contributed by atoms with E-state index >= 15 is 0 Å². The summed E-state index contributed by atoms with van der Waals surface area (Å²) in [5.41, 5.74) is 3.60. The van der Waals surface area contributed by atoms with Crippen LogP contribution in [0.4, 0.5) is 36.1 Å². The summed E-state index contributed by atoms with van der Waals surface area (Å²) in [5, 5.41) is 6.31. The number of benzene rings is 1. The second kappa shape index (κ2) is 10.4. The molecular weight excluding hydrogens is 495 g/mol.